The van der Waals surface area contributed by atoms with E-state index in [1.54, 1.807) is 10.8 Å². The Bertz CT molecular complexity index is 996. The standard InChI is InChI=1S/C20H19N3O2/c1-3-6-13-9-10-17(16-8-5-4-7-15(13)16)23-12-14(11-21)18(22)19(23)20(24)25-2/h4-5,7-10,12H,3,6,22H2,1-2H3. The molecule has 0 aliphatic heterocycles. The average molecular weight is 333 g/mol. The maximum Gasteiger partial charge on any atom is 0.357 e. The number of ether oxygens (including phenoxy) is 1. The number of benzene rings is 2. The van der Waals surface area contributed by atoms with Gasteiger partial charge in [-0.3, -0.25) is 0 Å². The maximum absolute atomic E-state index is 12.2. The molecule has 0 saturated carbocycles. The molecule has 126 valence electrons. The first-order chi connectivity index (χ1) is 12.1. The van der Waals surface area contributed by atoms with Crippen LogP contribution in [-0.2, 0) is 11.2 Å². The van der Waals surface area contributed by atoms with Gasteiger partial charge in [-0.2, -0.15) is 5.26 Å². The number of hydrogen-bond donors (Lipinski definition) is 1. The molecule has 0 aliphatic carbocycles. The van der Waals surface area contributed by atoms with Crippen molar-refractivity contribution < 1.29 is 9.53 Å². The van der Waals surface area contributed by atoms with Crippen molar-refractivity contribution in [1.29, 1.82) is 5.26 Å². The molecule has 1 heterocycles. The Morgan fingerprint density at radius 2 is 1.96 bits per heavy atom. The quantitative estimate of drug-likeness (QED) is 0.736. The Balaban J connectivity index is 2.33. The average Bonchev–Trinajstić information content (AvgIpc) is 2.98. The first kappa shape index (κ1) is 16.6. The molecule has 5 heteroatoms. The third kappa shape index (κ3) is 2.72. The molecule has 3 aromatic rings. The lowest BCUT2D eigenvalue weighted by atomic mass is 9.99. The Morgan fingerprint density at radius 3 is 2.60 bits per heavy atom. The highest BCUT2D eigenvalue weighted by Crippen LogP contribution is 2.31. The lowest BCUT2D eigenvalue weighted by Gasteiger charge is -2.14. The van der Waals surface area contributed by atoms with Crippen LogP contribution in [0.1, 0.15) is 35.0 Å². The number of aromatic nitrogens is 1. The van der Waals surface area contributed by atoms with Gasteiger partial charge in [-0.05, 0) is 23.4 Å². The summed E-state index contributed by atoms with van der Waals surface area (Å²) in [5, 5.41) is 11.4. The number of carbonyl (C=O) groups is 1. The predicted molar refractivity (Wildman–Crippen MR) is 97.7 cm³/mol. The number of methoxy groups -OCH3 is 1. The van der Waals surface area contributed by atoms with E-state index in [0.29, 0.717) is 0 Å². The summed E-state index contributed by atoms with van der Waals surface area (Å²) >= 11 is 0. The summed E-state index contributed by atoms with van der Waals surface area (Å²) < 4.78 is 6.51. The number of esters is 1. The second-order valence-corrected chi connectivity index (χ2v) is 5.82. The molecule has 2 N–H and O–H groups in total. The molecule has 0 amide bonds. The van der Waals surface area contributed by atoms with Crippen molar-refractivity contribution in [3.8, 4) is 11.8 Å². The number of aryl methyl sites for hydroxylation is 1. The second-order valence-electron chi connectivity index (χ2n) is 5.82. The molecule has 0 spiro atoms. The summed E-state index contributed by atoms with van der Waals surface area (Å²) in [6.07, 6.45) is 3.61. The Morgan fingerprint density at radius 1 is 1.24 bits per heavy atom. The number of nitrogens with zero attached hydrogens (tertiary/aromatic N) is 2. The van der Waals surface area contributed by atoms with Crippen molar-refractivity contribution in [3.63, 3.8) is 0 Å². The van der Waals surface area contributed by atoms with E-state index in [1.165, 1.54) is 12.7 Å². The summed E-state index contributed by atoms with van der Waals surface area (Å²) in [4.78, 5) is 12.2. The van der Waals surface area contributed by atoms with Crippen molar-refractivity contribution in [3.05, 3.63) is 59.4 Å². The number of hydrogen-bond acceptors (Lipinski definition) is 4. The van der Waals surface area contributed by atoms with Gasteiger partial charge in [-0.1, -0.05) is 43.7 Å². The van der Waals surface area contributed by atoms with E-state index in [-0.39, 0.29) is 16.9 Å². The number of nitrogen functional groups attached to an aromatic ring is 1. The highest BCUT2D eigenvalue weighted by molar-refractivity contribution is 5.99. The van der Waals surface area contributed by atoms with E-state index in [0.717, 1.165) is 29.3 Å². The fourth-order valence-electron chi connectivity index (χ4n) is 3.15. The number of fused-ring (bicyclic) bond motifs is 1. The molecule has 25 heavy (non-hydrogen) atoms. The first-order valence-corrected chi connectivity index (χ1v) is 8.12. The minimum Gasteiger partial charge on any atom is -0.464 e. The zero-order chi connectivity index (χ0) is 18.0. The van der Waals surface area contributed by atoms with Crippen molar-refractivity contribution in [2.24, 2.45) is 0 Å². The van der Waals surface area contributed by atoms with Crippen LogP contribution < -0.4 is 5.73 Å². The normalized spacial score (nSPS) is 10.6. The fourth-order valence-corrected chi connectivity index (χ4v) is 3.15. The Labute approximate surface area is 146 Å². The number of rotatable bonds is 4. The van der Waals surface area contributed by atoms with Crippen LogP contribution >= 0.6 is 0 Å². The molecule has 0 radical (unpaired) electrons. The lowest BCUT2D eigenvalue weighted by Crippen LogP contribution is -2.11. The molecule has 0 saturated heterocycles. The summed E-state index contributed by atoms with van der Waals surface area (Å²) in [5.74, 6) is -0.569. The lowest BCUT2D eigenvalue weighted by molar-refractivity contribution is 0.0593. The molecule has 2 aromatic carbocycles. The van der Waals surface area contributed by atoms with Gasteiger partial charge in [-0.25, -0.2) is 4.79 Å². The van der Waals surface area contributed by atoms with E-state index in [9.17, 15) is 10.1 Å². The van der Waals surface area contributed by atoms with E-state index in [2.05, 4.69) is 19.1 Å². The van der Waals surface area contributed by atoms with E-state index in [1.807, 2.05) is 30.3 Å². The van der Waals surface area contributed by atoms with Gasteiger partial charge in [0.25, 0.3) is 0 Å². The van der Waals surface area contributed by atoms with Crippen LogP contribution in [0.25, 0.3) is 16.5 Å². The molecule has 0 aliphatic rings. The third-order valence-corrected chi connectivity index (χ3v) is 4.31. The van der Waals surface area contributed by atoms with Crippen molar-refractivity contribution in [1.82, 2.24) is 4.57 Å². The van der Waals surface area contributed by atoms with Gasteiger partial charge in [0.2, 0.25) is 0 Å². The van der Waals surface area contributed by atoms with Crippen LogP contribution in [0.3, 0.4) is 0 Å². The Hall–Kier alpha value is -3.26. The molecule has 3 rings (SSSR count). The van der Waals surface area contributed by atoms with E-state index in [4.69, 9.17) is 10.5 Å². The van der Waals surface area contributed by atoms with Gasteiger partial charge < -0.3 is 15.0 Å². The van der Waals surface area contributed by atoms with Crippen molar-refractivity contribution >= 4 is 22.4 Å². The van der Waals surface area contributed by atoms with Gasteiger partial charge in [0.15, 0.2) is 5.69 Å². The van der Waals surface area contributed by atoms with Crippen LogP contribution in [0.2, 0.25) is 0 Å². The molecule has 0 bridgehead atoms. The second kappa shape index (κ2) is 6.70. The summed E-state index contributed by atoms with van der Waals surface area (Å²) in [5.41, 5.74) is 8.61. The van der Waals surface area contributed by atoms with Crippen LogP contribution in [-0.4, -0.2) is 17.6 Å². The highest BCUT2D eigenvalue weighted by atomic mass is 16.5. The zero-order valence-corrected chi connectivity index (χ0v) is 14.2. The van der Waals surface area contributed by atoms with Crippen LogP contribution in [0, 0.1) is 11.3 Å². The van der Waals surface area contributed by atoms with E-state index >= 15 is 0 Å². The monoisotopic (exact) mass is 333 g/mol. The summed E-state index contributed by atoms with van der Waals surface area (Å²) in [6, 6.07) is 14.1. The summed E-state index contributed by atoms with van der Waals surface area (Å²) in [6.45, 7) is 2.14. The number of nitrogens with two attached hydrogens (primary N) is 1. The van der Waals surface area contributed by atoms with Gasteiger partial charge in [-0.15, -0.1) is 0 Å². The van der Waals surface area contributed by atoms with Gasteiger partial charge in [0.1, 0.15) is 6.07 Å². The number of anilines is 1. The summed E-state index contributed by atoms with van der Waals surface area (Å²) in [7, 11) is 1.30. The molecular formula is C20H19N3O2. The molecular weight excluding hydrogens is 314 g/mol. The minimum absolute atomic E-state index is 0.135. The van der Waals surface area contributed by atoms with Crippen LogP contribution in [0.15, 0.2) is 42.6 Å². The largest absolute Gasteiger partial charge is 0.464 e. The van der Waals surface area contributed by atoms with E-state index < -0.39 is 5.97 Å². The van der Waals surface area contributed by atoms with Crippen molar-refractivity contribution in [2.75, 3.05) is 12.8 Å². The number of carbonyl (C=O) groups excluding carboxylic acids is 1. The van der Waals surface area contributed by atoms with Crippen LogP contribution in [0.4, 0.5) is 5.69 Å². The van der Waals surface area contributed by atoms with Gasteiger partial charge in [0, 0.05) is 11.6 Å². The first-order valence-electron chi connectivity index (χ1n) is 8.12. The number of nitriles is 1. The molecule has 1 aromatic heterocycles. The fraction of sp³-hybridized carbons (Fsp3) is 0.200. The molecule has 0 unspecified atom stereocenters. The Kier molecular flexibility index (Phi) is 4.44. The van der Waals surface area contributed by atoms with Gasteiger partial charge in [0.05, 0.1) is 24.0 Å². The van der Waals surface area contributed by atoms with Gasteiger partial charge >= 0.3 is 5.97 Å². The maximum atomic E-state index is 12.2. The van der Waals surface area contributed by atoms with Crippen molar-refractivity contribution in [2.45, 2.75) is 19.8 Å². The molecule has 0 atom stereocenters. The van der Waals surface area contributed by atoms with Crippen LogP contribution in [0.5, 0.6) is 0 Å². The minimum atomic E-state index is -0.569. The third-order valence-electron chi connectivity index (χ3n) is 4.31. The molecule has 0 fully saturated rings. The predicted octanol–water partition coefficient (Wildman–Crippen LogP) is 3.82. The highest BCUT2D eigenvalue weighted by Gasteiger charge is 2.22. The molecule has 5 nitrogen and oxygen atoms in total. The topological polar surface area (TPSA) is 81.0 Å². The smallest absolute Gasteiger partial charge is 0.357 e. The zero-order valence-electron chi connectivity index (χ0n) is 14.2. The SMILES string of the molecule is CCCc1ccc(-n2cc(C#N)c(N)c2C(=O)OC)c2ccccc12.